The van der Waals surface area contributed by atoms with Gasteiger partial charge in [-0.2, -0.15) is 0 Å². The molecule has 5 aliphatic carbocycles. The average Bonchev–Trinajstić information content (AvgIpc) is 3.11. The summed E-state index contributed by atoms with van der Waals surface area (Å²) in [5, 5.41) is 11.1. The lowest BCUT2D eigenvalue weighted by atomic mass is 9.49. The average molecular weight is 298 g/mol. The molecular weight excluding hydrogens is 272 g/mol. The van der Waals surface area contributed by atoms with E-state index >= 15 is 0 Å². The lowest BCUT2D eigenvalue weighted by Crippen LogP contribution is -2.53. The van der Waals surface area contributed by atoms with Crippen molar-refractivity contribution in [3.8, 4) is 0 Å². The molecule has 1 N–H and O–H groups in total. The predicted octanol–water partition coefficient (Wildman–Crippen LogP) is 3.51. The molecule has 4 saturated carbocycles. The van der Waals surface area contributed by atoms with E-state index in [9.17, 15) is 9.90 Å². The molecule has 2 heteroatoms. The third kappa shape index (κ3) is 1.43. The Hall–Kier alpha value is -0.890. The van der Waals surface area contributed by atoms with Crippen LogP contribution in [0.25, 0.3) is 0 Å². The largest absolute Gasteiger partial charge is 0.393 e. The van der Waals surface area contributed by atoms with Gasteiger partial charge in [-0.1, -0.05) is 25.5 Å². The van der Waals surface area contributed by atoms with E-state index in [-0.39, 0.29) is 17.3 Å². The van der Waals surface area contributed by atoms with Gasteiger partial charge in [-0.05, 0) is 73.3 Å². The van der Waals surface area contributed by atoms with Crippen molar-refractivity contribution in [1.29, 1.82) is 0 Å². The third-order valence-corrected chi connectivity index (χ3v) is 8.25. The van der Waals surface area contributed by atoms with Crippen molar-refractivity contribution in [3.63, 3.8) is 0 Å². The summed E-state index contributed by atoms with van der Waals surface area (Å²) < 4.78 is 0. The number of allylic oxidation sites excluding steroid dienone is 4. The first-order valence-electron chi connectivity index (χ1n) is 9.08. The van der Waals surface area contributed by atoms with Gasteiger partial charge in [-0.15, -0.1) is 0 Å². The normalized spacial score (nSPS) is 58.3. The second-order valence-electron chi connectivity index (χ2n) is 9.05. The summed E-state index contributed by atoms with van der Waals surface area (Å²) in [6.07, 6.45) is 11.5. The number of rotatable bonds is 0. The fourth-order valence-electron chi connectivity index (χ4n) is 7.33. The standard InChI is InChI=1S/C20H26O2/c1-11-7-15-14-4-3-12-8-13(21)5-6-19(12,2)18(14)17(22)10-20(15)9-16(11)20/h5-6,8,11,14-18,22H,3-4,7,9-10H2,1-2H3. The fraction of sp³-hybridized carbons (Fsp3) is 0.750. The van der Waals surface area contributed by atoms with Gasteiger partial charge in [-0.3, -0.25) is 4.79 Å². The van der Waals surface area contributed by atoms with Crippen LogP contribution in [-0.2, 0) is 4.79 Å². The number of carbonyl (C=O) groups excluding carboxylic acids is 1. The zero-order chi connectivity index (χ0) is 15.3. The van der Waals surface area contributed by atoms with Gasteiger partial charge < -0.3 is 5.11 Å². The Morgan fingerprint density at radius 2 is 2.09 bits per heavy atom. The van der Waals surface area contributed by atoms with Crippen molar-refractivity contribution in [3.05, 3.63) is 23.8 Å². The molecule has 118 valence electrons. The molecule has 5 aliphatic rings. The summed E-state index contributed by atoms with van der Waals surface area (Å²) in [5.74, 6) is 3.66. The number of fused-ring (bicyclic) bond motifs is 4. The Morgan fingerprint density at radius 1 is 1.27 bits per heavy atom. The van der Waals surface area contributed by atoms with Crippen LogP contribution in [0.5, 0.6) is 0 Å². The van der Waals surface area contributed by atoms with Crippen molar-refractivity contribution in [1.82, 2.24) is 0 Å². The van der Waals surface area contributed by atoms with Crippen LogP contribution in [0.4, 0.5) is 0 Å². The highest BCUT2D eigenvalue weighted by Gasteiger charge is 2.71. The molecular formula is C20H26O2. The molecule has 0 aromatic carbocycles. The maximum Gasteiger partial charge on any atom is 0.178 e. The predicted molar refractivity (Wildman–Crippen MR) is 85.0 cm³/mol. The van der Waals surface area contributed by atoms with E-state index in [1.54, 1.807) is 6.08 Å². The SMILES string of the molecule is CC1CC2C3CCC4=CC(=O)C=CC4(C)C3C(O)CC23CC13. The Bertz CT molecular complexity index is 617. The number of ketones is 1. The molecule has 0 aliphatic heterocycles. The van der Waals surface area contributed by atoms with E-state index in [1.807, 2.05) is 6.08 Å². The Morgan fingerprint density at radius 3 is 2.86 bits per heavy atom. The second-order valence-corrected chi connectivity index (χ2v) is 9.05. The van der Waals surface area contributed by atoms with Crippen LogP contribution in [0.2, 0.25) is 0 Å². The maximum atomic E-state index is 11.8. The Balaban J connectivity index is 1.57. The highest BCUT2D eigenvalue weighted by Crippen LogP contribution is 2.77. The van der Waals surface area contributed by atoms with Gasteiger partial charge in [0.05, 0.1) is 6.10 Å². The molecule has 0 saturated heterocycles. The highest BCUT2D eigenvalue weighted by molar-refractivity contribution is 6.01. The molecule has 2 nitrogen and oxygen atoms in total. The van der Waals surface area contributed by atoms with E-state index < -0.39 is 0 Å². The molecule has 1 spiro atoms. The van der Waals surface area contributed by atoms with E-state index in [4.69, 9.17) is 0 Å². The minimum atomic E-state index is -0.192. The van der Waals surface area contributed by atoms with Crippen LogP contribution in [0.3, 0.4) is 0 Å². The summed E-state index contributed by atoms with van der Waals surface area (Å²) >= 11 is 0. The van der Waals surface area contributed by atoms with Gasteiger partial charge >= 0.3 is 0 Å². The molecule has 0 aromatic rings. The molecule has 0 aromatic heterocycles. The van der Waals surface area contributed by atoms with Crippen molar-refractivity contribution in [2.24, 2.45) is 40.4 Å². The minimum absolute atomic E-state index is 0.0892. The molecule has 0 radical (unpaired) electrons. The van der Waals surface area contributed by atoms with E-state index in [0.29, 0.717) is 17.3 Å². The zero-order valence-corrected chi connectivity index (χ0v) is 13.6. The first kappa shape index (κ1) is 13.5. The molecule has 8 unspecified atom stereocenters. The maximum absolute atomic E-state index is 11.8. The van der Waals surface area contributed by atoms with Gasteiger partial charge in [0.25, 0.3) is 0 Å². The first-order valence-corrected chi connectivity index (χ1v) is 9.08. The monoisotopic (exact) mass is 298 g/mol. The van der Waals surface area contributed by atoms with Gasteiger partial charge in [0, 0.05) is 11.3 Å². The Kier molecular flexibility index (Phi) is 2.43. The van der Waals surface area contributed by atoms with Gasteiger partial charge in [0.15, 0.2) is 5.78 Å². The fourth-order valence-corrected chi connectivity index (χ4v) is 7.33. The summed E-state index contributed by atoms with van der Waals surface area (Å²) in [6.45, 7) is 4.69. The topological polar surface area (TPSA) is 37.3 Å². The number of hydrogen-bond acceptors (Lipinski definition) is 2. The summed E-state index contributed by atoms with van der Waals surface area (Å²) in [6, 6.07) is 0. The molecule has 5 rings (SSSR count). The van der Waals surface area contributed by atoms with Crippen LogP contribution < -0.4 is 0 Å². The summed E-state index contributed by atoms with van der Waals surface area (Å²) in [7, 11) is 0. The molecule has 0 heterocycles. The van der Waals surface area contributed by atoms with Crippen LogP contribution in [0.15, 0.2) is 23.8 Å². The van der Waals surface area contributed by atoms with E-state index in [2.05, 4.69) is 19.9 Å². The minimum Gasteiger partial charge on any atom is -0.393 e. The second kappa shape index (κ2) is 3.95. The molecule has 0 amide bonds. The van der Waals surface area contributed by atoms with Crippen LogP contribution in [0.1, 0.15) is 46.0 Å². The van der Waals surface area contributed by atoms with Crippen LogP contribution in [-0.4, -0.2) is 17.0 Å². The Labute approximate surface area is 132 Å². The van der Waals surface area contributed by atoms with Crippen molar-refractivity contribution >= 4 is 5.78 Å². The van der Waals surface area contributed by atoms with Gasteiger partial charge in [0.2, 0.25) is 0 Å². The van der Waals surface area contributed by atoms with E-state index in [0.717, 1.165) is 30.6 Å². The van der Waals surface area contributed by atoms with Crippen molar-refractivity contribution < 1.29 is 9.90 Å². The van der Waals surface area contributed by atoms with E-state index in [1.165, 1.54) is 24.8 Å². The summed E-state index contributed by atoms with van der Waals surface area (Å²) in [4.78, 5) is 11.8. The van der Waals surface area contributed by atoms with Crippen LogP contribution >= 0.6 is 0 Å². The lowest BCUT2D eigenvalue weighted by Gasteiger charge is -2.56. The molecule has 8 atom stereocenters. The summed E-state index contributed by atoms with van der Waals surface area (Å²) in [5.41, 5.74) is 1.68. The highest BCUT2D eigenvalue weighted by atomic mass is 16.3. The number of carbonyl (C=O) groups is 1. The van der Waals surface area contributed by atoms with Crippen molar-refractivity contribution in [2.45, 2.75) is 52.1 Å². The number of aliphatic hydroxyl groups is 1. The lowest BCUT2D eigenvalue weighted by molar-refractivity contribution is -0.112. The van der Waals surface area contributed by atoms with Crippen LogP contribution in [0, 0.1) is 40.4 Å². The zero-order valence-electron chi connectivity index (χ0n) is 13.6. The number of hydrogen-bond donors (Lipinski definition) is 1. The van der Waals surface area contributed by atoms with Gasteiger partial charge in [-0.25, -0.2) is 0 Å². The third-order valence-electron chi connectivity index (χ3n) is 8.25. The smallest absolute Gasteiger partial charge is 0.178 e. The van der Waals surface area contributed by atoms with Crippen molar-refractivity contribution in [2.75, 3.05) is 0 Å². The van der Waals surface area contributed by atoms with Gasteiger partial charge in [0.1, 0.15) is 0 Å². The molecule has 0 bridgehead atoms. The molecule has 22 heavy (non-hydrogen) atoms. The first-order chi connectivity index (χ1) is 10.5. The number of aliphatic hydroxyl groups excluding tert-OH is 1. The molecule has 4 fully saturated rings. The quantitative estimate of drug-likeness (QED) is 0.743.